The summed E-state index contributed by atoms with van der Waals surface area (Å²) in [6.45, 7) is 11.0. The van der Waals surface area contributed by atoms with E-state index in [1.165, 1.54) is 0 Å². The zero-order valence-electron chi connectivity index (χ0n) is 28.8. The van der Waals surface area contributed by atoms with Crippen molar-refractivity contribution in [1.29, 1.82) is 0 Å². The van der Waals surface area contributed by atoms with Gasteiger partial charge < -0.3 is 29.5 Å². The molecule has 306 valence electrons. The predicted molar refractivity (Wildman–Crippen MR) is 190 cm³/mol. The van der Waals surface area contributed by atoms with E-state index in [0.29, 0.717) is 62.9 Å². The number of rotatable bonds is 14. The van der Waals surface area contributed by atoms with Crippen molar-refractivity contribution in [2.75, 3.05) is 76.0 Å². The van der Waals surface area contributed by atoms with E-state index in [-0.39, 0.29) is 64.6 Å². The van der Waals surface area contributed by atoms with E-state index < -0.39 is 39.2 Å². The number of hydrogen-bond acceptors (Lipinski definition) is 8. The van der Waals surface area contributed by atoms with E-state index in [9.17, 15) is 28.3 Å². The molecule has 2 aliphatic rings. The Morgan fingerprint density at radius 2 is 0.760 bits per heavy atom. The summed E-state index contributed by atoms with van der Waals surface area (Å²) in [5.41, 5.74) is 0. The molecular formula is C26H54Cl4N4O12P2Rh2. The van der Waals surface area contributed by atoms with Crippen LogP contribution in [0.1, 0.15) is 66.2 Å². The summed E-state index contributed by atoms with van der Waals surface area (Å²) >= 11 is 22.5. The fourth-order valence-corrected chi connectivity index (χ4v) is 7.84. The number of carboxylic acid groups (broad SMARTS) is 4. The fraction of sp³-hybridized carbons (Fsp3) is 0.846. The van der Waals surface area contributed by atoms with Gasteiger partial charge in [0, 0.05) is 127 Å². The Morgan fingerprint density at radius 1 is 0.560 bits per heavy atom. The Balaban J connectivity index is -0.000000125. The van der Waals surface area contributed by atoms with Gasteiger partial charge in [0.15, 0.2) is 0 Å². The SMILES string of the molecule is CCC(=O)O.CCC(=O)O.CCC(=O)O.CCC(=O)O.O=P1(N(CCCl)CCCl)NCCCO1.O=P1(N(CCCl)CCCl)NCCCO1.[Rh].[Rh]. The van der Waals surface area contributed by atoms with Crippen molar-refractivity contribution in [3.8, 4) is 0 Å². The molecule has 0 aromatic rings. The molecule has 2 rings (SSSR count). The summed E-state index contributed by atoms with van der Waals surface area (Å²) in [5.74, 6) is -1.29. The monoisotopic (exact) mass is 1020 g/mol. The minimum atomic E-state index is -2.84. The summed E-state index contributed by atoms with van der Waals surface area (Å²) in [6, 6.07) is 0. The van der Waals surface area contributed by atoms with E-state index in [2.05, 4.69) is 10.2 Å². The van der Waals surface area contributed by atoms with Crippen LogP contribution in [0.5, 0.6) is 0 Å². The molecule has 2 unspecified atom stereocenters. The largest absolute Gasteiger partial charge is 0.481 e. The van der Waals surface area contributed by atoms with Gasteiger partial charge in [-0.1, -0.05) is 27.7 Å². The van der Waals surface area contributed by atoms with Gasteiger partial charge in [-0.3, -0.25) is 28.3 Å². The molecule has 0 amide bonds. The number of nitrogens with one attached hydrogen (secondary N) is 2. The quantitative estimate of drug-likeness (QED) is 0.0698. The number of nitrogens with zero attached hydrogens (tertiary/aromatic N) is 2. The van der Waals surface area contributed by atoms with Crippen molar-refractivity contribution in [2.45, 2.75) is 66.2 Å². The van der Waals surface area contributed by atoms with Gasteiger partial charge in [0.2, 0.25) is 0 Å². The average molecular weight is 1020 g/mol. The Hall–Kier alpha value is 0.507. The second-order valence-electron chi connectivity index (χ2n) is 8.88. The number of hydrogen-bond donors (Lipinski definition) is 6. The molecule has 0 bridgehead atoms. The molecule has 2 radical (unpaired) electrons. The van der Waals surface area contributed by atoms with E-state index in [0.717, 1.165) is 25.9 Å². The first-order chi connectivity index (χ1) is 22.5. The van der Waals surface area contributed by atoms with Gasteiger partial charge >= 0.3 is 39.2 Å². The van der Waals surface area contributed by atoms with Crippen LogP contribution in [0.2, 0.25) is 0 Å². The maximum atomic E-state index is 12.2. The van der Waals surface area contributed by atoms with Crippen LogP contribution in [0, 0.1) is 0 Å². The molecule has 2 aliphatic heterocycles. The maximum absolute atomic E-state index is 12.2. The molecule has 16 nitrogen and oxygen atoms in total. The zero-order chi connectivity index (χ0) is 38.0. The summed E-state index contributed by atoms with van der Waals surface area (Å²) in [5, 5.41) is 36.7. The minimum absolute atomic E-state index is 0. The molecule has 0 aromatic heterocycles. The third kappa shape index (κ3) is 39.7. The molecule has 24 heteroatoms. The Morgan fingerprint density at radius 3 is 0.880 bits per heavy atom. The average Bonchev–Trinajstić information content (AvgIpc) is 3.06. The molecule has 2 fully saturated rings. The van der Waals surface area contributed by atoms with Gasteiger partial charge in [-0.05, 0) is 12.8 Å². The van der Waals surface area contributed by atoms with Crippen LogP contribution in [0.25, 0.3) is 0 Å². The van der Waals surface area contributed by atoms with Crippen LogP contribution in [0.3, 0.4) is 0 Å². The zero-order valence-corrected chi connectivity index (χ0v) is 36.8. The van der Waals surface area contributed by atoms with Crippen LogP contribution >= 0.6 is 61.7 Å². The number of carbonyl (C=O) groups is 4. The smallest absolute Gasteiger partial charge is 0.343 e. The van der Waals surface area contributed by atoms with Crippen molar-refractivity contribution in [3.05, 3.63) is 0 Å². The van der Waals surface area contributed by atoms with Gasteiger partial charge in [-0.25, -0.2) is 19.5 Å². The van der Waals surface area contributed by atoms with Gasteiger partial charge in [0.05, 0.1) is 13.2 Å². The van der Waals surface area contributed by atoms with E-state index in [4.69, 9.17) is 75.9 Å². The number of halogens is 4. The minimum Gasteiger partial charge on any atom is -0.481 e. The standard InChI is InChI=1S/2C7H15Cl2N2O2P.4C3H6O2.2Rh/c2*8-2-5-11(6-3-9)14(12)10-4-1-7-13-14;4*1-2-3(4)5;;/h2*1-7H2,(H,10,12);4*2H2,1H3,(H,4,5);;. The van der Waals surface area contributed by atoms with Crippen molar-refractivity contribution in [2.24, 2.45) is 0 Å². The van der Waals surface area contributed by atoms with Gasteiger partial charge in [0.25, 0.3) is 0 Å². The van der Waals surface area contributed by atoms with Crippen LogP contribution in [-0.2, 0) is 76.3 Å². The van der Waals surface area contributed by atoms with Crippen LogP contribution < -0.4 is 10.2 Å². The molecule has 0 aliphatic carbocycles. The molecule has 0 saturated carbocycles. The van der Waals surface area contributed by atoms with Crippen molar-refractivity contribution in [3.63, 3.8) is 0 Å². The topological polar surface area (TPSA) is 232 Å². The number of carboxylic acids is 4. The summed E-state index contributed by atoms with van der Waals surface area (Å²) in [6.07, 6.45) is 2.67. The van der Waals surface area contributed by atoms with E-state index >= 15 is 0 Å². The van der Waals surface area contributed by atoms with Crippen molar-refractivity contribution < 1.29 is 96.7 Å². The van der Waals surface area contributed by atoms with Crippen LogP contribution in [0.15, 0.2) is 0 Å². The second kappa shape index (κ2) is 42.3. The molecule has 0 aromatic carbocycles. The third-order valence-corrected chi connectivity index (χ3v) is 10.4. The van der Waals surface area contributed by atoms with E-state index in [1.54, 1.807) is 37.0 Å². The predicted octanol–water partition coefficient (Wildman–Crippen LogP) is 5.69. The second-order valence-corrected chi connectivity index (χ2v) is 14.8. The molecule has 2 atom stereocenters. The maximum Gasteiger partial charge on any atom is 0.343 e. The molecule has 50 heavy (non-hydrogen) atoms. The molecule has 6 N–H and O–H groups in total. The Bertz CT molecular complexity index is 825. The summed E-state index contributed by atoms with van der Waals surface area (Å²) in [4.78, 5) is 37.5. The van der Waals surface area contributed by atoms with E-state index in [1.807, 2.05) is 0 Å². The molecule has 0 spiro atoms. The van der Waals surface area contributed by atoms with Crippen molar-refractivity contribution in [1.82, 2.24) is 19.5 Å². The number of alkyl halides is 4. The normalized spacial score (nSPS) is 18.8. The molecule has 2 saturated heterocycles. The van der Waals surface area contributed by atoms with Crippen molar-refractivity contribution >= 4 is 85.6 Å². The third-order valence-electron chi connectivity index (χ3n) is 5.12. The van der Waals surface area contributed by atoms with Crippen LogP contribution in [-0.4, -0.2) is 130 Å². The Labute approximate surface area is 342 Å². The van der Waals surface area contributed by atoms with Gasteiger partial charge in [0.1, 0.15) is 0 Å². The van der Waals surface area contributed by atoms with Crippen LogP contribution in [0.4, 0.5) is 0 Å². The summed E-state index contributed by atoms with van der Waals surface area (Å²) in [7, 11) is -5.68. The molecule has 2 heterocycles. The first-order valence-electron chi connectivity index (χ1n) is 15.1. The first kappa shape index (κ1) is 62.5. The Kier molecular flexibility index (Phi) is 52.8. The number of aliphatic carboxylic acids is 4. The fourth-order valence-electron chi connectivity index (χ4n) is 2.56. The molecular weight excluding hydrogens is 970 g/mol. The van der Waals surface area contributed by atoms with Gasteiger partial charge in [-0.15, -0.1) is 46.4 Å². The summed E-state index contributed by atoms with van der Waals surface area (Å²) < 4.78 is 38.3. The first-order valence-corrected chi connectivity index (χ1v) is 20.4. The van der Waals surface area contributed by atoms with Gasteiger partial charge in [-0.2, -0.15) is 0 Å².